The van der Waals surface area contributed by atoms with E-state index >= 15 is 0 Å². The second-order valence-corrected chi connectivity index (χ2v) is 5.43. The topological polar surface area (TPSA) is 71.1 Å². The first kappa shape index (κ1) is 11.9. The molecule has 1 aromatic heterocycles. The van der Waals surface area contributed by atoms with Crippen LogP contribution in [0.5, 0.6) is 0 Å². The average Bonchev–Trinajstić information content (AvgIpc) is 2.25. The molecule has 1 aromatic carbocycles. The summed E-state index contributed by atoms with van der Waals surface area (Å²) in [5.74, 6) is -0.330. The van der Waals surface area contributed by atoms with Gasteiger partial charge in [-0.15, -0.1) is 0 Å². The van der Waals surface area contributed by atoms with Gasteiger partial charge in [0, 0.05) is 23.5 Å². The molecule has 90 valence electrons. The molecule has 0 aliphatic heterocycles. The Balaban J connectivity index is 2.37. The molecule has 0 radical (unpaired) electrons. The Hall–Kier alpha value is -1.53. The lowest BCUT2D eigenvalue weighted by atomic mass is 10.2. The number of rotatable bonds is 3. The van der Waals surface area contributed by atoms with Gasteiger partial charge >= 0.3 is 0 Å². The highest BCUT2D eigenvalue weighted by Crippen LogP contribution is 2.09. The zero-order valence-electron chi connectivity index (χ0n) is 9.37. The molecule has 2 rings (SSSR count). The third-order valence-electron chi connectivity index (χ3n) is 2.50. The van der Waals surface area contributed by atoms with Crippen LogP contribution in [0.4, 0.5) is 0 Å². The van der Waals surface area contributed by atoms with Crippen LogP contribution in [0.25, 0.3) is 10.9 Å². The van der Waals surface area contributed by atoms with Gasteiger partial charge in [0.05, 0.1) is 0 Å². The minimum atomic E-state index is -3.95. The van der Waals surface area contributed by atoms with E-state index in [1.165, 1.54) is 0 Å². The zero-order chi connectivity index (χ0) is 12.5. The lowest BCUT2D eigenvalue weighted by Gasteiger charge is -1.99. The fourth-order valence-corrected chi connectivity index (χ4v) is 2.04. The maximum absolute atomic E-state index is 10.7. The second-order valence-electron chi connectivity index (χ2n) is 3.85. The number of hydrogen-bond acceptors (Lipinski definition) is 3. The Bertz CT molecular complexity index is 653. The lowest BCUT2D eigenvalue weighted by Crippen LogP contribution is -2.43. The number of hydrogen-bond donors (Lipinski definition) is 1. The molecule has 17 heavy (non-hydrogen) atoms. The van der Waals surface area contributed by atoms with E-state index in [-0.39, 0.29) is 12.3 Å². The molecule has 2 aromatic rings. The van der Waals surface area contributed by atoms with Crippen LogP contribution in [0.2, 0.25) is 0 Å². The molecular weight excluding hydrogens is 240 g/mol. The minimum absolute atomic E-state index is 0.148. The summed E-state index contributed by atoms with van der Waals surface area (Å²) in [7, 11) is -3.95. The summed E-state index contributed by atoms with van der Waals surface area (Å²) < 4.78 is 31.7. The van der Waals surface area contributed by atoms with Crippen molar-refractivity contribution in [1.82, 2.24) is 5.10 Å². The Morgan fingerprint density at radius 2 is 2.06 bits per heavy atom. The molecule has 0 aliphatic rings. The van der Waals surface area contributed by atoms with Crippen molar-refractivity contribution >= 4 is 21.0 Å². The van der Waals surface area contributed by atoms with Crippen molar-refractivity contribution in [2.45, 2.75) is 13.5 Å². The van der Waals surface area contributed by atoms with Gasteiger partial charge in [0.25, 0.3) is 10.1 Å². The molecule has 0 atom stereocenters. The van der Waals surface area contributed by atoms with Crippen LogP contribution in [0.15, 0.2) is 30.3 Å². The van der Waals surface area contributed by atoms with E-state index in [1.807, 2.05) is 37.3 Å². The van der Waals surface area contributed by atoms with Gasteiger partial charge in [-0.25, -0.2) is 0 Å². The number of aryl methyl sites for hydroxylation is 2. The van der Waals surface area contributed by atoms with Crippen LogP contribution in [-0.2, 0) is 16.7 Å². The summed E-state index contributed by atoms with van der Waals surface area (Å²) in [5, 5.41) is 5.33. The first-order chi connectivity index (χ1) is 7.96. The average molecular weight is 253 g/mol. The van der Waals surface area contributed by atoms with Gasteiger partial charge in [0.2, 0.25) is 5.69 Å². The Morgan fingerprint density at radius 1 is 1.35 bits per heavy atom. The predicted molar refractivity (Wildman–Crippen MR) is 63.1 cm³/mol. The first-order valence-electron chi connectivity index (χ1n) is 5.17. The third-order valence-corrected chi connectivity index (χ3v) is 3.20. The molecule has 0 bridgehead atoms. The number of nitrogens with zero attached hydrogens (tertiary/aromatic N) is 2. The van der Waals surface area contributed by atoms with E-state index in [9.17, 15) is 8.42 Å². The standard InChI is InChI=1S/C11H12N2O3S/c1-9-8-10-4-2-3-5-11(10)12-13(9)6-7-17(14,15)16/h2-5,8H,6-7H2,1H3/p+1. The van der Waals surface area contributed by atoms with Crippen LogP contribution in [0, 0.1) is 6.92 Å². The molecule has 0 aliphatic carbocycles. The van der Waals surface area contributed by atoms with Crippen molar-refractivity contribution in [2.75, 3.05) is 5.75 Å². The fourth-order valence-electron chi connectivity index (χ4n) is 1.64. The summed E-state index contributed by atoms with van der Waals surface area (Å²) in [4.78, 5) is 0. The minimum Gasteiger partial charge on any atom is -0.285 e. The summed E-state index contributed by atoms with van der Waals surface area (Å²) in [6.07, 6.45) is 0. The Kier molecular flexibility index (Phi) is 3.08. The third kappa shape index (κ3) is 2.98. The highest BCUT2D eigenvalue weighted by molar-refractivity contribution is 7.85. The smallest absolute Gasteiger partial charge is 0.271 e. The molecular formula is C11H13N2O3S+. The van der Waals surface area contributed by atoms with Gasteiger partial charge in [0.1, 0.15) is 11.3 Å². The molecule has 0 fully saturated rings. The van der Waals surface area contributed by atoms with Gasteiger partial charge in [0.15, 0.2) is 6.54 Å². The van der Waals surface area contributed by atoms with E-state index < -0.39 is 10.1 Å². The highest BCUT2D eigenvalue weighted by Gasteiger charge is 2.15. The van der Waals surface area contributed by atoms with E-state index in [0.29, 0.717) is 0 Å². The maximum Gasteiger partial charge on any atom is 0.271 e. The molecule has 5 nitrogen and oxygen atoms in total. The number of aromatic nitrogens is 2. The normalized spacial score (nSPS) is 11.9. The first-order valence-corrected chi connectivity index (χ1v) is 6.78. The fraction of sp³-hybridized carbons (Fsp3) is 0.273. The van der Waals surface area contributed by atoms with Gasteiger partial charge in [-0.3, -0.25) is 4.55 Å². The lowest BCUT2D eigenvalue weighted by molar-refractivity contribution is -0.753. The molecule has 0 saturated carbocycles. The number of fused-ring (bicyclic) bond motifs is 1. The van der Waals surface area contributed by atoms with Crippen LogP contribution in [-0.4, -0.2) is 23.8 Å². The summed E-state index contributed by atoms with van der Waals surface area (Å²) >= 11 is 0. The van der Waals surface area contributed by atoms with Gasteiger partial charge in [-0.2, -0.15) is 8.42 Å². The van der Waals surface area contributed by atoms with Gasteiger partial charge in [-0.1, -0.05) is 22.9 Å². The van der Waals surface area contributed by atoms with E-state index in [0.717, 1.165) is 16.6 Å². The van der Waals surface area contributed by atoms with Crippen molar-refractivity contribution < 1.29 is 17.7 Å². The van der Waals surface area contributed by atoms with Crippen LogP contribution >= 0.6 is 0 Å². The van der Waals surface area contributed by atoms with E-state index in [1.54, 1.807) is 4.68 Å². The highest BCUT2D eigenvalue weighted by atomic mass is 32.2. The summed E-state index contributed by atoms with van der Waals surface area (Å²) in [6, 6.07) is 9.54. The molecule has 6 heteroatoms. The van der Waals surface area contributed by atoms with Crippen molar-refractivity contribution in [1.29, 1.82) is 0 Å². The molecule has 0 saturated heterocycles. The Morgan fingerprint density at radius 3 is 2.76 bits per heavy atom. The molecule has 0 amide bonds. The monoisotopic (exact) mass is 253 g/mol. The largest absolute Gasteiger partial charge is 0.285 e. The van der Waals surface area contributed by atoms with Crippen molar-refractivity contribution in [3.05, 3.63) is 36.0 Å². The van der Waals surface area contributed by atoms with Gasteiger partial charge < -0.3 is 0 Å². The predicted octanol–water partition coefficient (Wildman–Crippen LogP) is 0.719. The number of benzene rings is 1. The van der Waals surface area contributed by atoms with E-state index in [2.05, 4.69) is 5.10 Å². The summed E-state index contributed by atoms with van der Waals surface area (Å²) in [5.41, 5.74) is 1.65. The van der Waals surface area contributed by atoms with Crippen molar-refractivity contribution in [2.24, 2.45) is 0 Å². The molecule has 0 spiro atoms. The SMILES string of the molecule is Cc1cc2ccccc2n[n+]1CCS(=O)(=O)O. The van der Waals surface area contributed by atoms with Crippen LogP contribution in [0.3, 0.4) is 0 Å². The quantitative estimate of drug-likeness (QED) is 0.646. The maximum atomic E-state index is 10.7. The van der Waals surface area contributed by atoms with Crippen LogP contribution < -0.4 is 4.68 Å². The second kappa shape index (κ2) is 4.38. The molecule has 1 heterocycles. The summed E-state index contributed by atoms with van der Waals surface area (Å²) in [6.45, 7) is 2.00. The van der Waals surface area contributed by atoms with Crippen molar-refractivity contribution in [3.63, 3.8) is 0 Å². The van der Waals surface area contributed by atoms with Gasteiger partial charge in [-0.05, 0) is 6.07 Å². The van der Waals surface area contributed by atoms with Crippen LogP contribution in [0.1, 0.15) is 5.69 Å². The van der Waals surface area contributed by atoms with E-state index in [4.69, 9.17) is 4.55 Å². The molecule has 0 unspecified atom stereocenters. The molecule has 1 N–H and O–H groups in total. The van der Waals surface area contributed by atoms with Crippen molar-refractivity contribution in [3.8, 4) is 0 Å². The Labute approximate surface area is 99.5 Å². The zero-order valence-corrected chi connectivity index (χ0v) is 10.2.